The van der Waals surface area contributed by atoms with Crippen LogP contribution in [0, 0.1) is 4.91 Å². The second-order valence-electron chi connectivity index (χ2n) is 5.56. The molecule has 0 saturated carbocycles. The van der Waals surface area contributed by atoms with Crippen molar-refractivity contribution in [1.82, 2.24) is 9.97 Å². The maximum atomic E-state index is 10.4. The molecule has 3 aromatic rings. The molecule has 2 N–H and O–H groups in total. The van der Waals surface area contributed by atoms with E-state index in [-0.39, 0.29) is 6.04 Å². The molecule has 0 fully saturated rings. The van der Waals surface area contributed by atoms with E-state index in [2.05, 4.69) is 44.7 Å². The molecule has 4 rings (SSSR count). The van der Waals surface area contributed by atoms with E-state index >= 15 is 0 Å². The molecule has 1 aliphatic heterocycles. The van der Waals surface area contributed by atoms with Gasteiger partial charge >= 0.3 is 0 Å². The van der Waals surface area contributed by atoms with E-state index in [1.54, 1.807) is 0 Å². The van der Waals surface area contributed by atoms with E-state index in [0.717, 1.165) is 24.2 Å². The summed E-state index contributed by atoms with van der Waals surface area (Å²) in [5, 5.41) is 7.76. The van der Waals surface area contributed by atoms with Gasteiger partial charge in [-0.05, 0) is 30.5 Å². The predicted molar refractivity (Wildman–Crippen MR) is 87.8 cm³/mol. The lowest BCUT2D eigenvalue weighted by Gasteiger charge is -2.18. The van der Waals surface area contributed by atoms with Crippen LogP contribution in [0.3, 0.4) is 0 Å². The molecule has 0 radical (unpaired) electrons. The molecule has 5 heteroatoms. The van der Waals surface area contributed by atoms with Crippen molar-refractivity contribution in [3.63, 3.8) is 0 Å². The van der Waals surface area contributed by atoms with Crippen LogP contribution in [0.1, 0.15) is 24.4 Å². The smallest absolute Gasteiger partial charge is 0.138 e. The SMILES string of the molecule is O=NCCCC1Nc2ccccc2-c2ccnc3[nH]cc1c23. The number of hydrogen-bond donors (Lipinski definition) is 2. The zero-order valence-corrected chi connectivity index (χ0v) is 12.0. The predicted octanol–water partition coefficient (Wildman–Crippen LogP) is 4.24. The van der Waals surface area contributed by atoms with Gasteiger partial charge in [0.25, 0.3) is 0 Å². The average molecular weight is 292 g/mol. The molecule has 0 spiro atoms. The zero-order chi connectivity index (χ0) is 14.9. The van der Waals surface area contributed by atoms with Crippen LogP contribution in [0.4, 0.5) is 5.69 Å². The standard InChI is InChI=1S/C17H16N4O/c22-20-8-3-6-15-13-10-19-17-16(13)12(7-9-18-17)11-4-1-2-5-14(11)21-15/h1-2,4-5,7,9-10,15,21H,3,6,8H2,(H,18,19). The maximum Gasteiger partial charge on any atom is 0.138 e. The summed E-state index contributed by atoms with van der Waals surface area (Å²) in [6, 6.07) is 10.5. The van der Waals surface area contributed by atoms with Crippen LogP contribution in [0.5, 0.6) is 0 Å². The van der Waals surface area contributed by atoms with Crippen molar-refractivity contribution >= 4 is 16.7 Å². The minimum Gasteiger partial charge on any atom is -0.378 e. The maximum absolute atomic E-state index is 10.4. The van der Waals surface area contributed by atoms with E-state index in [1.807, 2.05) is 18.5 Å². The summed E-state index contributed by atoms with van der Waals surface area (Å²) in [4.78, 5) is 18.1. The lowest BCUT2D eigenvalue weighted by Crippen LogP contribution is -2.10. The summed E-state index contributed by atoms with van der Waals surface area (Å²) >= 11 is 0. The largest absolute Gasteiger partial charge is 0.378 e. The molecule has 1 atom stereocenters. The highest BCUT2D eigenvalue weighted by Gasteiger charge is 2.24. The first-order valence-electron chi connectivity index (χ1n) is 7.49. The molecule has 1 unspecified atom stereocenters. The van der Waals surface area contributed by atoms with Gasteiger partial charge in [-0.2, -0.15) is 4.91 Å². The van der Waals surface area contributed by atoms with E-state index in [1.165, 1.54) is 22.1 Å². The van der Waals surface area contributed by atoms with Gasteiger partial charge in [-0.25, -0.2) is 4.98 Å². The number of para-hydroxylation sites is 1. The van der Waals surface area contributed by atoms with Crippen LogP contribution in [-0.4, -0.2) is 16.5 Å². The van der Waals surface area contributed by atoms with Gasteiger partial charge in [0.2, 0.25) is 0 Å². The molecule has 2 aromatic heterocycles. The number of rotatable bonds is 4. The molecule has 0 saturated heterocycles. The number of hydrogen-bond acceptors (Lipinski definition) is 4. The van der Waals surface area contributed by atoms with Crippen molar-refractivity contribution in [3.05, 3.63) is 53.2 Å². The lowest BCUT2D eigenvalue weighted by molar-refractivity contribution is 0.655. The van der Waals surface area contributed by atoms with Gasteiger partial charge in [-0.3, -0.25) is 0 Å². The first-order chi connectivity index (χ1) is 10.9. The number of fused-ring (bicyclic) bond motifs is 2. The Hall–Kier alpha value is -2.69. The normalized spacial score (nSPS) is 15.9. The Balaban J connectivity index is 1.90. The van der Waals surface area contributed by atoms with Crippen LogP contribution in [0.2, 0.25) is 0 Å². The molecule has 0 bridgehead atoms. The van der Waals surface area contributed by atoms with Crippen molar-refractivity contribution < 1.29 is 0 Å². The minimum absolute atomic E-state index is 0.155. The van der Waals surface area contributed by atoms with Crippen molar-refractivity contribution in [2.45, 2.75) is 18.9 Å². The summed E-state index contributed by atoms with van der Waals surface area (Å²) in [6.07, 6.45) is 5.50. The van der Waals surface area contributed by atoms with E-state index in [0.29, 0.717) is 6.54 Å². The number of H-pyrrole nitrogens is 1. The van der Waals surface area contributed by atoms with Gasteiger partial charge in [0, 0.05) is 34.6 Å². The van der Waals surface area contributed by atoms with E-state index in [9.17, 15) is 4.91 Å². The molecule has 5 nitrogen and oxygen atoms in total. The minimum atomic E-state index is 0.155. The first kappa shape index (κ1) is 13.0. The topological polar surface area (TPSA) is 70.1 Å². The van der Waals surface area contributed by atoms with Gasteiger partial charge in [0.05, 0.1) is 12.6 Å². The van der Waals surface area contributed by atoms with Crippen LogP contribution < -0.4 is 5.32 Å². The van der Waals surface area contributed by atoms with E-state index in [4.69, 9.17) is 0 Å². The Kier molecular flexibility index (Phi) is 3.11. The molecule has 22 heavy (non-hydrogen) atoms. The third-order valence-corrected chi connectivity index (χ3v) is 4.27. The number of aromatic amines is 1. The zero-order valence-electron chi connectivity index (χ0n) is 12.0. The van der Waals surface area contributed by atoms with Crippen molar-refractivity contribution in [2.24, 2.45) is 5.18 Å². The first-order valence-corrected chi connectivity index (χ1v) is 7.49. The quantitative estimate of drug-likeness (QED) is 0.558. The van der Waals surface area contributed by atoms with Gasteiger partial charge < -0.3 is 10.3 Å². The summed E-state index contributed by atoms with van der Waals surface area (Å²) in [6.45, 7) is 0.354. The highest BCUT2D eigenvalue weighted by molar-refractivity contribution is 6.00. The number of benzene rings is 1. The van der Waals surface area contributed by atoms with Crippen molar-refractivity contribution in [2.75, 3.05) is 11.9 Å². The molecular formula is C17H16N4O. The number of aromatic nitrogens is 2. The Morgan fingerprint density at radius 1 is 1.18 bits per heavy atom. The van der Waals surface area contributed by atoms with Crippen LogP contribution in [0.15, 0.2) is 47.9 Å². The molecule has 0 aliphatic carbocycles. The van der Waals surface area contributed by atoms with Crippen LogP contribution >= 0.6 is 0 Å². The number of nitrogens with zero attached hydrogens (tertiary/aromatic N) is 2. The second kappa shape index (κ2) is 5.26. The fourth-order valence-electron chi connectivity index (χ4n) is 3.28. The molecule has 1 aromatic carbocycles. The Morgan fingerprint density at radius 2 is 2.09 bits per heavy atom. The van der Waals surface area contributed by atoms with Gasteiger partial charge in [0.1, 0.15) is 5.65 Å². The number of nitrogens with one attached hydrogen (secondary N) is 2. The Labute approximate surface area is 127 Å². The average Bonchev–Trinajstić information content (AvgIpc) is 2.93. The highest BCUT2D eigenvalue weighted by atomic mass is 16.3. The number of anilines is 1. The Morgan fingerprint density at radius 3 is 3.00 bits per heavy atom. The number of pyridine rings is 1. The lowest BCUT2D eigenvalue weighted by atomic mass is 9.99. The Bertz CT molecular complexity index is 840. The summed E-state index contributed by atoms with van der Waals surface area (Å²) < 4.78 is 0. The van der Waals surface area contributed by atoms with Crippen molar-refractivity contribution in [3.8, 4) is 11.1 Å². The summed E-state index contributed by atoms with van der Waals surface area (Å²) in [5.41, 5.74) is 5.62. The summed E-state index contributed by atoms with van der Waals surface area (Å²) in [5.74, 6) is 0. The van der Waals surface area contributed by atoms with Gasteiger partial charge in [0.15, 0.2) is 0 Å². The highest BCUT2D eigenvalue weighted by Crippen LogP contribution is 2.42. The van der Waals surface area contributed by atoms with Gasteiger partial charge in [-0.15, -0.1) is 0 Å². The molecule has 3 heterocycles. The third-order valence-electron chi connectivity index (χ3n) is 4.27. The second-order valence-corrected chi connectivity index (χ2v) is 5.56. The van der Waals surface area contributed by atoms with Crippen molar-refractivity contribution in [1.29, 1.82) is 0 Å². The molecule has 110 valence electrons. The van der Waals surface area contributed by atoms with E-state index < -0.39 is 0 Å². The van der Waals surface area contributed by atoms with Crippen LogP contribution in [0.25, 0.3) is 22.2 Å². The van der Waals surface area contributed by atoms with Crippen LogP contribution in [-0.2, 0) is 0 Å². The molecular weight excluding hydrogens is 276 g/mol. The number of nitroso groups, excluding NO2 is 1. The monoisotopic (exact) mass is 292 g/mol. The summed E-state index contributed by atoms with van der Waals surface area (Å²) in [7, 11) is 0. The third kappa shape index (κ3) is 1.97. The molecule has 0 amide bonds. The fourth-order valence-corrected chi connectivity index (χ4v) is 3.28. The van der Waals surface area contributed by atoms with Gasteiger partial charge in [-0.1, -0.05) is 23.4 Å². The molecule has 1 aliphatic rings. The fraction of sp³-hybridized carbons (Fsp3) is 0.235.